The number of benzene rings is 1. The van der Waals surface area contributed by atoms with Crippen molar-refractivity contribution < 1.29 is 4.74 Å². The number of methoxy groups -OCH3 is 1. The molecule has 19 heavy (non-hydrogen) atoms. The number of nitrogens with one attached hydrogen (secondary N) is 2. The molecular formula is C15H18N2O2. The van der Waals surface area contributed by atoms with Crippen molar-refractivity contribution >= 4 is 10.9 Å². The summed E-state index contributed by atoms with van der Waals surface area (Å²) < 4.78 is 5.16. The van der Waals surface area contributed by atoms with Crippen LogP contribution in [0.15, 0.2) is 29.1 Å². The molecule has 0 spiro atoms. The van der Waals surface area contributed by atoms with E-state index < -0.39 is 0 Å². The van der Waals surface area contributed by atoms with Gasteiger partial charge >= 0.3 is 0 Å². The Bertz CT molecular complexity index is 644. The third kappa shape index (κ3) is 2.79. The molecule has 1 fully saturated rings. The Hall–Kier alpha value is -1.81. The lowest BCUT2D eigenvalue weighted by molar-refractivity contribution is 0.415. The fraction of sp³-hybridized carbons (Fsp3) is 0.400. The summed E-state index contributed by atoms with van der Waals surface area (Å²) in [6.45, 7) is 1.65. The third-order valence-corrected chi connectivity index (χ3v) is 3.58. The molecule has 0 bridgehead atoms. The number of rotatable bonds is 5. The number of pyridine rings is 1. The van der Waals surface area contributed by atoms with Gasteiger partial charge in [0, 0.05) is 18.2 Å². The first-order valence-electron chi connectivity index (χ1n) is 6.67. The van der Waals surface area contributed by atoms with Gasteiger partial charge in [-0.2, -0.15) is 0 Å². The summed E-state index contributed by atoms with van der Waals surface area (Å²) >= 11 is 0. The Morgan fingerprint density at radius 2 is 2.21 bits per heavy atom. The van der Waals surface area contributed by atoms with Gasteiger partial charge in [-0.3, -0.25) is 4.79 Å². The molecule has 0 amide bonds. The van der Waals surface area contributed by atoms with Crippen LogP contribution < -0.4 is 15.6 Å². The predicted octanol–water partition coefficient (Wildman–Crippen LogP) is 2.04. The topological polar surface area (TPSA) is 54.1 Å². The summed E-state index contributed by atoms with van der Waals surface area (Å²) in [5, 5.41) is 4.38. The minimum absolute atomic E-state index is 0.0240. The van der Waals surface area contributed by atoms with Crippen molar-refractivity contribution in [2.45, 2.75) is 19.4 Å². The summed E-state index contributed by atoms with van der Waals surface area (Å²) in [6, 6.07) is 7.67. The normalized spacial score (nSPS) is 14.8. The number of hydrogen-bond donors (Lipinski definition) is 2. The number of aromatic amines is 1. The molecule has 100 valence electrons. The monoisotopic (exact) mass is 258 g/mol. The average Bonchev–Trinajstić information content (AvgIpc) is 3.23. The van der Waals surface area contributed by atoms with Crippen molar-refractivity contribution in [2.24, 2.45) is 5.92 Å². The SMILES string of the molecule is COc1ccc2cc(CNCC3CC3)c(=O)[nH]c2c1. The largest absolute Gasteiger partial charge is 0.497 e. The van der Waals surface area contributed by atoms with Gasteiger partial charge in [-0.1, -0.05) is 0 Å². The lowest BCUT2D eigenvalue weighted by Crippen LogP contribution is -2.22. The van der Waals surface area contributed by atoms with Crippen LogP contribution >= 0.6 is 0 Å². The first-order valence-corrected chi connectivity index (χ1v) is 6.67. The number of aromatic nitrogens is 1. The zero-order valence-electron chi connectivity index (χ0n) is 11.0. The lowest BCUT2D eigenvalue weighted by atomic mass is 10.1. The van der Waals surface area contributed by atoms with Crippen LogP contribution in [0.5, 0.6) is 5.75 Å². The third-order valence-electron chi connectivity index (χ3n) is 3.58. The molecule has 1 aliphatic rings. The van der Waals surface area contributed by atoms with E-state index in [-0.39, 0.29) is 5.56 Å². The van der Waals surface area contributed by atoms with Gasteiger partial charge in [-0.25, -0.2) is 0 Å². The van der Waals surface area contributed by atoms with Gasteiger partial charge in [0.1, 0.15) is 5.75 Å². The highest BCUT2D eigenvalue weighted by atomic mass is 16.5. The first kappa shape index (κ1) is 12.2. The highest BCUT2D eigenvalue weighted by molar-refractivity contribution is 5.80. The molecule has 2 N–H and O–H groups in total. The summed E-state index contributed by atoms with van der Waals surface area (Å²) in [6.07, 6.45) is 2.64. The fourth-order valence-corrected chi connectivity index (χ4v) is 2.22. The molecular weight excluding hydrogens is 240 g/mol. The Labute approximate surface area is 111 Å². The van der Waals surface area contributed by atoms with Gasteiger partial charge in [0.05, 0.1) is 12.6 Å². The second kappa shape index (κ2) is 5.05. The van der Waals surface area contributed by atoms with E-state index in [9.17, 15) is 4.79 Å². The Morgan fingerprint density at radius 1 is 1.37 bits per heavy atom. The predicted molar refractivity (Wildman–Crippen MR) is 75.6 cm³/mol. The van der Waals surface area contributed by atoms with Gasteiger partial charge in [0.25, 0.3) is 5.56 Å². The van der Waals surface area contributed by atoms with Crippen LogP contribution in [0.2, 0.25) is 0 Å². The number of H-pyrrole nitrogens is 1. The minimum Gasteiger partial charge on any atom is -0.497 e. The van der Waals surface area contributed by atoms with Gasteiger partial charge in [-0.15, -0.1) is 0 Å². The molecule has 1 heterocycles. The molecule has 3 rings (SSSR count). The highest BCUT2D eigenvalue weighted by Crippen LogP contribution is 2.27. The van der Waals surface area contributed by atoms with Crippen LogP contribution in [-0.4, -0.2) is 18.6 Å². The van der Waals surface area contributed by atoms with Crippen molar-refractivity contribution in [3.05, 3.63) is 40.2 Å². The number of ether oxygens (including phenoxy) is 1. The van der Waals surface area contributed by atoms with E-state index in [1.54, 1.807) is 7.11 Å². The number of fused-ring (bicyclic) bond motifs is 1. The molecule has 0 atom stereocenters. The number of hydrogen-bond acceptors (Lipinski definition) is 3. The second-order valence-electron chi connectivity index (χ2n) is 5.15. The van der Waals surface area contributed by atoms with Gasteiger partial charge in [0.15, 0.2) is 0 Å². The zero-order chi connectivity index (χ0) is 13.2. The van der Waals surface area contributed by atoms with Gasteiger partial charge in [0.2, 0.25) is 0 Å². The fourth-order valence-electron chi connectivity index (χ4n) is 2.22. The molecule has 1 aliphatic carbocycles. The van der Waals surface area contributed by atoms with Gasteiger partial charge < -0.3 is 15.0 Å². The van der Waals surface area contributed by atoms with Crippen LogP contribution in [0.3, 0.4) is 0 Å². The van der Waals surface area contributed by atoms with Crippen LogP contribution in [0.4, 0.5) is 0 Å². The minimum atomic E-state index is -0.0240. The maximum Gasteiger partial charge on any atom is 0.252 e. The van der Waals surface area contributed by atoms with Crippen LogP contribution in [-0.2, 0) is 6.54 Å². The van der Waals surface area contributed by atoms with E-state index in [4.69, 9.17) is 4.74 Å². The summed E-state index contributed by atoms with van der Waals surface area (Å²) in [5.74, 6) is 1.58. The summed E-state index contributed by atoms with van der Waals surface area (Å²) in [7, 11) is 1.62. The average molecular weight is 258 g/mol. The molecule has 0 radical (unpaired) electrons. The van der Waals surface area contributed by atoms with Crippen molar-refractivity contribution in [1.29, 1.82) is 0 Å². The molecule has 0 saturated heterocycles. The van der Waals surface area contributed by atoms with E-state index in [0.29, 0.717) is 6.54 Å². The molecule has 0 unspecified atom stereocenters. The Kier molecular flexibility index (Phi) is 3.25. The second-order valence-corrected chi connectivity index (χ2v) is 5.15. The zero-order valence-corrected chi connectivity index (χ0v) is 11.0. The van der Waals surface area contributed by atoms with E-state index in [1.807, 2.05) is 24.3 Å². The molecule has 1 saturated carbocycles. The molecule has 4 heteroatoms. The van der Waals surface area contributed by atoms with Crippen molar-refractivity contribution in [3.8, 4) is 5.75 Å². The molecule has 2 aromatic rings. The van der Waals surface area contributed by atoms with Crippen molar-refractivity contribution in [3.63, 3.8) is 0 Å². The molecule has 1 aromatic carbocycles. The first-order chi connectivity index (χ1) is 9.26. The molecule has 0 aliphatic heterocycles. The quantitative estimate of drug-likeness (QED) is 0.863. The maximum atomic E-state index is 12.0. The van der Waals surface area contributed by atoms with E-state index >= 15 is 0 Å². The summed E-state index contributed by atoms with van der Waals surface area (Å²) in [5.41, 5.74) is 1.58. The highest BCUT2D eigenvalue weighted by Gasteiger charge is 2.20. The maximum absolute atomic E-state index is 12.0. The van der Waals surface area contributed by atoms with E-state index in [1.165, 1.54) is 12.8 Å². The Morgan fingerprint density at radius 3 is 2.95 bits per heavy atom. The van der Waals surface area contributed by atoms with E-state index in [0.717, 1.165) is 34.7 Å². The van der Waals surface area contributed by atoms with Gasteiger partial charge in [-0.05, 0) is 48.9 Å². The standard InChI is InChI=1S/C15H18N2O2/c1-19-13-5-4-11-6-12(9-16-8-10-2-3-10)15(18)17-14(11)7-13/h4-7,10,16H,2-3,8-9H2,1H3,(H,17,18). The van der Waals surface area contributed by atoms with Crippen molar-refractivity contribution in [2.75, 3.05) is 13.7 Å². The Balaban J connectivity index is 1.83. The van der Waals surface area contributed by atoms with Crippen LogP contribution in [0.1, 0.15) is 18.4 Å². The van der Waals surface area contributed by atoms with E-state index in [2.05, 4.69) is 10.3 Å². The summed E-state index contributed by atoms with van der Waals surface area (Å²) in [4.78, 5) is 14.9. The van der Waals surface area contributed by atoms with Crippen LogP contribution in [0.25, 0.3) is 10.9 Å². The molecule has 1 aromatic heterocycles. The lowest BCUT2D eigenvalue weighted by Gasteiger charge is -2.06. The molecule has 4 nitrogen and oxygen atoms in total. The van der Waals surface area contributed by atoms with Crippen LogP contribution in [0, 0.1) is 5.92 Å². The smallest absolute Gasteiger partial charge is 0.252 e. The van der Waals surface area contributed by atoms with Crippen molar-refractivity contribution in [1.82, 2.24) is 10.3 Å².